The van der Waals surface area contributed by atoms with E-state index in [1.807, 2.05) is 13.8 Å². The number of hydrogen-bond acceptors (Lipinski definition) is 13. The molecule has 5 rings (SSSR count). The second-order valence-corrected chi connectivity index (χ2v) is 16.0. The molecule has 2 saturated carbocycles. The molecule has 52 heavy (non-hydrogen) atoms. The second-order valence-electron chi connectivity index (χ2n) is 12.8. The maximum atomic E-state index is 11.8. The van der Waals surface area contributed by atoms with Crippen LogP contribution >= 0.6 is 0 Å². The van der Waals surface area contributed by atoms with E-state index in [4.69, 9.17) is 42.6 Å². The lowest BCUT2D eigenvalue weighted by Crippen LogP contribution is -2.42. The number of rotatable bonds is 14. The Morgan fingerprint density at radius 3 is 1.12 bits per heavy atom. The first-order valence-electron chi connectivity index (χ1n) is 16.2. The van der Waals surface area contributed by atoms with Crippen LogP contribution in [0.4, 0.5) is 0 Å². The Morgan fingerprint density at radius 1 is 0.615 bits per heavy atom. The van der Waals surface area contributed by atoms with Crippen LogP contribution in [0.15, 0.2) is 51.1 Å². The lowest BCUT2D eigenvalue weighted by Gasteiger charge is -2.37. The highest BCUT2D eigenvalue weighted by atomic mass is 32.2. The molecular formula is C37H48O13S2. The van der Waals surface area contributed by atoms with Crippen molar-refractivity contribution in [1.29, 1.82) is 0 Å². The van der Waals surface area contributed by atoms with Crippen LogP contribution in [0.25, 0.3) is 0 Å². The smallest absolute Gasteiger partial charge is 0.250 e. The molecule has 3 aromatic carbocycles. The van der Waals surface area contributed by atoms with E-state index in [1.165, 1.54) is 0 Å². The predicted octanol–water partition coefficient (Wildman–Crippen LogP) is 5.79. The minimum atomic E-state index is -4.33. The number of carbonyl (C=O) groups excluding carboxylic acids is 1. The number of Topliss-reactive ketones (excluding diaryl/α,β-unsaturated/α-hetero) is 1. The molecule has 0 spiro atoms. The summed E-state index contributed by atoms with van der Waals surface area (Å²) < 4.78 is 84.4. The van der Waals surface area contributed by atoms with Crippen molar-refractivity contribution in [3.63, 3.8) is 0 Å². The maximum Gasteiger partial charge on any atom is 0.250 e. The summed E-state index contributed by atoms with van der Waals surface area (Å²) in [6, 6.07) is 10.8. The Hall–Kier alpha value is -4.21. The minimum Gasteiger partial charge on any atom is -0.748 e. The Kier molecular flexibility index (Phi) is 12.6. The quantitative estimate of drug-likeness (QED) is 0.144. The number of hydrogen-bond donors (Lipinski definition) is 0. The van der Waals surface area contributed by atoms with Gasteiger partial charge in [0.1, 0.15) is 33.9 Å². The maximum absolute atomic E-state index is 11.8. The number of benzene rings is 3. The van der Waals surface area contributed by atoms with Crippen molar-refractivity contribution in [3.05, 3.63) is 36.4 Å². The molecule has 2 unspecified atom stereocenters. The fourth-order valence-corrected chi connectivity index (χ4v) is 11.2. The Bertz CT molecular complexity index is 1650. The molecule has 0 radical (unpaired) electrons. The summed E-state index contributed by atoms with van der Waals surface area (Å²) in [7, 11) is 8.91. The topological polar surface area (TPSA) is 157 Å². The van der Waals surface area contributed by atoms with Gasteiger partial charge in [0.15, 0.2) is 34.5 Å². The van der Waals surface area contributed by atoms with Crippen molar-refractivity contribution in [2.75, 3.05) is 69.7 Å². The largest absolute Gasteiger partial charge is 0.748 e. The van der Waals surface area contributed by atoms with E-state index < -0.39 is 32.2 Å². The normalized spacial score (nSPS) is 18.6. The molecule has 2 fully saturated rings. The number of methoxy groups -OCH3 is 9. The van der Waals surface area contributed by atoms with Crippen LogP contribution in [-0.2, 0) is 25.8 Å². The lowest BCUT2D eigenvalue weighted by molar-refractivity contribution is -0.128. The Labute approximate surface area is 308 Å². The van der Waals surface area contributed by atoms with Crippen molar-refractivity contribution >= 4 is 26.8 Å². The molecule has 286 valence electrons. The second kappa shape index (κ2) is 16.2. The highest BCUT2D eigenvalue weighted by Gasteiger charge is 2.64. The van der Waals surface area contributed by atoms with Gasteiger partial charge in [-0.05, 0) is 24.2 Å². The van der Waals surface area contributed by atoms with Gasteiger partial charge in [-0.2, -0.15) is 0 Å². The van der Waals surface area contributed by atoms with Crippen LogP contribution in [0, 0.1) is 16.7 Å². The zero-order valence-electron chi connectivity index (χ0n) is 31.5. The molecular weight excluding hydrogens is 717 g/mol. The SMILES string of the molecule is CC1(C)C2CCC1(CS(=O)(=O)[O-])C(=O)C2.COc1cc(OC)c([S+](c2c(OC)cc(OC)cc2OC)c2c(OC)cc(OC)cc2OC)c(OC)c1. The molecule has 15 heteroatoms. The summed E-state index contributed by atoms with van der Waals surface area (Å²) >= 11 is 0. The summed E-state index contributed by atoms with van der Waals surface area (Å²) in [4.78, 5) is 14.0. The number of carbonyl (C=O) groups is 1. The van der Waals surface area contributed by atoms with Crippen LogP contribution in [0.2, 0.25) is 0 Å². The van der Waals surface area contributed by atoms with Crippen molar-refractivity contribution < 1.29 is 60.4 Å². The van der Waals surface area contributed by atoms with Crippen LogP contribution < -0.4 is 42.6 Å². The van der Waals surface area contributed by atoms with Crippen LogP contribution in [0.3, 0.4) is 0 Å². The van der Waals surface area contributed by atoms with Gasteiger partial charge in [-0.3, -0.25) is 4.79 Å². The van der Waals surface area contributed by atoms with Gasteiger partial charge in [0.05, 0.1) is 79.9 Å². The van der Waals surface area contributed by atoms with Gasteiger partial charge < -0.3 is 47.2 Å². The highest BCUT2D eigenvalue weighted by Crippen LogP contribution is 2.64. The average molecular weight is 765 g/mol. The number of ketones is 1. The Morgan fingerprint density at radius 2 is 0.923 bits per heavy atom. The molecule has 0 aromatic heterocycles. The summed E-state index contributed by atoms with van der Waals surface area (Å²) in [6.07, 6.45) is 1.88. The van der Waals surface area contributed by atoms with Gasteiger partial charge in [0.2, 0.25) is 0 Å². The highest BCUT2D eigenvalue weighted by molar-refractivity contribution is 7.97. The zero-order chi connectivity index (χ0) is 38.6. The van der Waals surface area contributed by atoms with Crippen LogP contribution in [0.1, 0.15) is 33.1 Å². The molecule has 2 atom stereocenters. The van der Waals surface area contributed by atoms with Crippen LogP contribution in [0.5, 0.6) is 51.7 Å². The number of fused-ring (bicyclic) bond motifs is 2. The zero-order valence-corrected chi connectivity index (χ0v) is 33.1. The van der Waals surface area contributed by atoms with Crippen molar-refractivity contribution in [3.8, 4) is 51.7 Å². The molecule has 0 aliphatic heterocycles. The Balaban J connectivity index is 0.000000334. The van der Waals surface area contributed by atoms with E-state index in [0.29, 0.717) is 79.3 Å². The third kappa shape index (κ3) is 7.48. The third-order valence-electron chi connectivity index (χ3n) is 10.2. The predicted molar refractivity (Wildman–Crippen MR) is 194 cm³/mol. The first-order valence-corrected chi connectivity index (χ1v) is 19.0. The molecule has 2 bridgehead atoms. The molecule has 0 N–H and O–H groups in total. The summed E-state index contributed by atoms with van der Waals surface area (Å²) in [5, 5.41) is 0. The van der Waals surface area contributed by atoms with Gasteiger partial charge in [-0.25, -0.2) is 8.42 Å². The van der Waals surface area contributed by atoms with Crippen molar-refractivity contribution in [2.24, 2.45) is 16.7 Å². The molecule has 2 aliphatic carbocycles. The van der Waals surface area contributed by atoms with E-state index in [1.54, 1.807) is 100 Å². The standard InChI is InChI=1S/C27H33O9S.C10H16O4S/c1-28-16-10-19(31-4)25(20(11-16)32-5)37(26-21(33-6)12-17(29-2)13-22(26)34-7)27-23(35-8)14-18(30-3)15-24(27)36-9;1-9(2)7-3-4-10(9,8(11)5-7)6-15(12,13)14/h10-15H,1-9H3;7H,3-6H2,1-2H3,(H,12,13,14)/q+1;/p-1. The van der Waals surface area contributed by atoms with Gasteiger partial charge >= 0.3 is 0 Å². The van der Waals surface area contributed by atoms with E-state index in [9.17, 15) is 17.8 Å². The summed E-state index contributed by atoms with van der Waals surface area (Å²) in [6.45, 7) is 3.83. The fraction of sp³-hybridized carbons (Fsp3) is 0.486. The molecule has 13 nitrogen and oxygen atoms in total. The van der Waals surface area contributed by atoms with Gasteiger partial charge in [0, 0.05) is 48.2 Å². The molecule has 2 aliphatic rings. The fourth-order valence-electron chi connectivity index (χ4n) is 7.24. The third-order valence-corrected chi connectivity index (χ3v) is 13.5. The van der Waals surface area contributed by atoms with Crippen molar-refractivity contribution in [1.82, 2.24) is 0 Å². The van der Waals surface area contributed by atoms with Gasteiger partial charge in [0.25, 0.3) is 14.7 Å². The molecule has 0 heterocycles. The first-order chi connectivity index (χ1) is 24.6. The monoisotopic (exact) mass is 764 g/mol. The van der Waals surface area contributed by atoms with E-state index in [2.05, 4.69) is 0 Å². The van der Waals surface area contributed by atoms with Crippen molar-refractivity contribution in [2.45, 2.75) is 47.8 Å². The minimum absolute atomic E-state index is 0.0248. The van der Waals surface area contributed by atoms with Gasteiger partial charge in [-0.1, -0.05) is 13.8 Å². The van der Waals surface area contributed by atoms with Crippen LogP contribution in [-0.4, -0.2) is 88.5 Å². The molecule has 0 saturated heterocycles. The van der Waals surface area contributed by atoms with E-state index in [-0.39, 0.29) is 17.1 Å². The summed E-state index contributed by atoms with van der Waals surface area (Å²) in [5.74, 6) is 4.60. The molecule has 0 amide bonds. The molecule has 3 aromatic rings. The average Bonchev–Trinajstić information content (AvgIpc) is 3.48. The van der Waals surface area contributed by atoms with E-state index >= 15 is 0 Å². The summed E-state index contributed by atoms with van der Waals surface area (Å²) in [5.41, 5.74) is -1.22. The first kappa shape index (κ1) is 40.6. The van der Waals surface area contributed by atoms with Gasteiger partial charge in [-0.15, -0.1) is 0 Å². The lowest BCUT2D eigenvalue weighted by atomic mass is 9.70. The van der Waals surface area contributed by atoms with E-state index in [0.717, 1.165) is 6.42 Å². The number of ether oxygens (including phenoxy) is 9.